The molecule has 0 aromatic heterocycles. The molecule has 0 N–H and O–H groups in total. The predicted molar refractivity (Wildman–Crippen MR) is 263 cm³/mol. The molecule has 0 saturated carbocycles. The Morgan fingerprint density at radius 2 is 0.873 bits per heavy atom. The summed E-state index contributed by atoms with van der Waals surface area (Å²) in [5.41, 5.74) is 19.7. The van der Waals surface area contributed by atoms with E-state index in [1.165, 1.54) is 49.7 Å². The second-order valence-corrected chi connectivity index (χ2v) is 17.3. The van der Waals surface area contributed by atoms with Gasteiger partial charge in [-0.15, -0.1) is 0 Å². The van der Waals surface area contributed by atoms with Crippen molar-refractivity contribution < 1.29 is 4.74 Å². The molecule has 2 heteroatoms. The number of hydrogen-bond acceptors (Lipinski definition) is 2. The van der Waals surface area contributed by atoms with Crippen LogP contribution in [-0.2, 0) is 5.41 Å². The van der Waals surface area contributed by atoms with Crippen molar-refractivity contribution in [1.29, 1.82) is 0 Å². The lowest BCUT2D eigenvalue weighted by Gasteiger charge is -2.29. The van der Waals surface area contributed by atoms with Crippen LogP contribution in [0.1, 0.15) is 25.0 Å². The van der Waals surface area contributed by atoms with E-state index in [-0.39, 0.29) is 5.41 Å². The molecule has 0 radical (unpaired) electrons. The zero-order chi connectivity index (χ0) is 42.1. The summed E-state index contributed by atoms with van der Waals surface area (Å²) in [5.74, 6) is 1.65. The summed E-state index contributed by atoms with van der Waals surface area (Å²) in [4.78, 5) is 2.43. The SMILES string of the molecule is CC1(C)c2ccccc2-c2ccc(N(c3cc(-c4ccccc4)cc(-c4ccccc4)c3)c3ccc4c(c3)Oc3cc(-c5ccccc5)ccc3-c3c-4ccc4ccccc34)cc21. The fourth-order valence-electron chi connectivity index (χ4n) is 10.1. The van der Waals surface area contributed by atoms with Crippen molar-refractivity contribution in [3.05, 3.63) is 236 Å². The quantitative estimate of drug-likeness (QED) is 0.166. The topological polar surface area (TPSA) is 12.5 Å². The number of hydrogen-bond donors (Lipinski definition) is 0. The Hall–Kier alpha value is -7.94. The van der Waals surface area contributed by atoms with Gasteiger partial charge in [-0.05, 0) is 127 Å². The molecule has 63 heavy (non-hydrogen) atoms. The first-order valence-corrected chi connectivity index (χ1v) is 21.8. The zero-order valence-electron chi connectivity index (χ0n) is 35.2. The first-order chi connectivity index (χ1) is 31.0. The monoisotopic (exact) mass is 805 g/mol. The average molecular weight is 806 g/mol. The van der Waals surface area contributed by atoms with Crippen LogP contribution in [-0.4, -0.2) is 0 Å². The molecule has 2 nitrogen and oxygen atoms in total. The molecule has 12 rings (SSSR count). The van der Waals surface area contributed by atoms with Crippen LogP contribution in [0.3, 0.4) is 0 Å². The minimum Gasteiger partial charge on any atom is -0.456 e. The fraction of sp³-hybridized carbons (Fsp3) is 0.0492. The van der Waals surface area contributed by atoms with E-state index in [0.29, 0.717) is 0 Å². The van der Waals surface area contributed by atoms with Gasteiger partial charge in [-0.1, -0.05) is 178 Å². The molecule has 0 spiro atoms. The number of benzene rings is 10. The zero-order valence-corrected chi connectivity index (χ0v) is 35.2. The first-order valence-electron chi connectivity index (χ1n) is 21.8. The number of rotatable bonds is 6. The van der Waals surface area contributed by atoms with Crippen LogP contribution in [0.25, 0.3) is 77.5 Å². The molecule has 0 fully saturated rings. The van der Waals surface area contributed by atoms with Crippen molar-refractivity contribution >= 4 is 27.8 Å². The average Bonchev–Trinajstić information content (AvgIpc) is 3.47. The summed E-state index contributed by atoms with van der Waals surface area (Å²) in [6, 6.07) is 81.6. The molecular formula is C61H43NO. The number of fused-ring (bicyclic) bond motifs is 10. The van der Waals surface area contributed by atoms with Gasteiger partial charge in [0, 0.05) is 45.2 Å². The van der Waals surface area contributed by atoms with E-state index in [4.69, 9.17) is 4.74 Å². The molecule has 0 bridgehead atoms. The van der Waals surface area contributed by atoms with Gasteiger partial charge in [0.25, 0.3) is 0 Å². The van der Waals surface area contributed by atoms with E-state index in [1.54, 1.807) is 0 Å². The second kappa shape index (κ2) is 14.6. The maximum Gasteiger partial charge on any atom is 0.137 e. The van der Waals surface area contributed by atoms with E-state index < -0.39 is 0 Å². The molecule has 1 aliphatic carbocycles. The normalized spacial score (nSPS) is 12.9. The Labute approximate surface area is 369 Å². The molecule has 0 amide bonds. The number of ether oxygens (including phenoxy) is 1. The van der Waals surface area contributed by atoms with E-state index in [2.05, 4.69) is 243 Å². The molecule has 0 unspecified atom stereocenters. The minimum atomic E-state index is -0.168. The largest absolute Gasteiger partial charge is 0.456 e. The summed E-state index contributed by atoms with van der Waals surface area (Å²) in [6.45, 7) is 4.71. The van der Waals surface area contributed by atoms with Gasteiger partial charge < -0.3 is 9.64 Å². The third-order valence-electron chi connectivity index (χ3n) is 13.2. The maximum atomic E-state index is 7.27. The molecule has 298 valence electrons. The van der Waals surface area contributed by atoms with Gasteiger partial charge in [0.05, 0.1) is 0 Å². The lowest BCUT2D eigenvalue weighted by atomic mass is 9.82. The highest BCUT2D eigenvalue weighted by molar-refractivity contribution is 6.07. The van der Waals surface area contributed by atoms with E-state index in [0.717, 1.165) is 67.5 Å². The molecule has 10 aromatic carbocycles. The fourth-order valence-corrected chi connectivity index (χ4v) is 10.1. The lowest BCUT2D eigenvalue weighted by molar-refractivity contribution is 0.488. The maximum absolute atomic E-state index is 7.27. The van der Waals surface area contributed by atoms with E-state index in [9.17, 15) is 0 Å². The van der Waals surface area contributed by atoms with Crippen molar-refractivity contribution in [1.82, 2.24) is 0 Å². The predicted octanol–water partition coefficient (Wildman–Crippen LogP) is 17.1. The van der Waals surface area contributed by atoms with Crippen LogP contribution in [0.4, 0.5) is 17.1 Å². The molecule has 1 heterocycles. The standard InChI is InChI=1S/C61H43NO/c1-61(2)56-25-15-14-24-51(56)52-32-28-47(38-57(52)61)62(49-35-45(41-18-8-4-9-19-41)34-46(36-49)42-20-10-5-11-21-42)48-29-33-53-54-30-26-43-22-12-13-23-50(43)60(54)55-31-27-44(40-16-6-3-7-17-40)37-58(55)63-59(53)39-48/h3-39H,1-2H3. The number of anilines is 3. The highest BCUT2D eigenvalue weighted by atomic mass is 16.5. The Bertz CT molecular complexity index is 3330. The number of nitrogens with zero attached hydrogens (tertiary/aromatic N) is 1. The highest BCUT2D eigenvalue weighted by Gasteiger charge is 2.36. The summed E-state index contributed by atoms with van der Waals surface area (Å²) in [7, 11) is 0. The lowest BCUT2D eigenvalue weighted by Crippen LogP contribution is -2.16. The summed E-state index contributed by atoms with van der Waals surface area (Å²) in [5, 5.41) is 2.41. The van der Waals surface area contributed by atoms with Gasteiger partial charge >= 0.3 is 0 Å². The van der Waals surface area contributed by atoms with Crippen LogP contribution in [0, 0.1) is 0 Å². The van der Waals surface area contributed by atoms with Crippen LogP contribution in [0.15, 0.2) is 224 Å². The van der Waals surface area contributed by atoms with Gasteiger partial charge in [-0.25, -0.2) is 0 Å². The highest BCUT2D eigenvalue weighted by Crippen LogP contribution is 2.54. The summed E-state index contributed by atoms with van der Waals surface area (Å²) >= 11 is 0. The van der Waals surface area contributed by atoms with Crippen LogP contribution < -0.4 is 9.64 Å². The molecule has 2 aliphatic rings. The van der Waals surface area contributed by atoms with Gasteiger partial charge in [0.2, 0.25) is 0 Å². The van der Waals surface area contributed by atoms with Crippen molar-refractivity contribution in [2.75, 3.05) is 4.90 Å². The van der Waals surface area contributed by atoms with Gasteiger partial charge in [-0.2, -0.15) is 0 Å². The molecule has 0 saturated heterocycles. The molecule has 0 atom stereocenters. The minimum absolute atomic E-state index is 0.168. The Kier molecular flexibility index (Phi) is 8.55. The van der Waals surface area contributed by atoms with Gasteiger partial charge in [0.15, 0.2) is 0 Å². The van der Waals surface area contributed by atoms with Crippen LogP contribution in [0.5, 0.6) is 11.5 Å². The molecule has 10 aromatic rings. The molecule has 1 aliphatic heterocycles. The van der Waals surface area contributed by atoms with Crippen molar-refractivity contribution in [2.45, 2.75) is 19.3 Å². The van der Waals surface area contributed by atoms with Crippen LogP contribution >= 0.6 is 0 Å². The third kappa shape index (κ3) is 6.17. The van der Waals surface area contributed by atoms with E-state index in [1.807, 2.05) is 0 Å². The Morgan fingerprint density at radius 3 is 1.59 bits per heavy atom. The molecular weight excluding hydrogens is 763 g/mol. The van der Waals surface area contributed by atoms with Gasteiger partial charge in [-0.3, -0.25) is 0 Å². The smallest absolute Gasteiger partial charge is 0.137 e. The van der Waals surface area contributed by atoms with Crippen molar-refractivity contribution in [3.8, 4) is 78.3 Å². The Morgan fingerprint density at radius 1 is 0.333 bits per heavy atom. The van der Waals surface area contributed by atoms with Crippen LogP contribution in [0.2, 0.25) is 0 Å². The van der Waals surface area contributed by atoms with Crippen molar-refractivity contribution in [3.63, 3.8) is 0 Å². The first kappa shape index (κ1) is 36.9. The van der Waals surface area contributed by atoms with Crippen molar-refractivity contribution in [2.24, 2.45) is 0 Å². The summed E-state index contributed by atoms with van der Waals surface area (Å²) in [6.07, 6.45) is 0. The second-order valence-electron chi connectivity index (χ2n) is 17.3. The van der Waals surface area contributed by atoms with Gasteiger partial charge in [0.1, 0.15) is 11.5 Å². The van der Waals surface area contributed by atoms with E-state index >= 15 is 0 Å². The third-order valence-corrected chi connectivity index (χ3v) is 13.2. The Balaban J connectivity index is 1.10. The summed E-state index contributed by atoms with van der Waals surface area (Å²) < 4.78 is 7.27.